The van der Waals surface area contributed by atoms with E-state index in [4.69, 9.17) is 16.3 Å². The highest BCUT2D eigenvalue weighted by atomic mass is 35.5. The van der Waals surface area contributed by atoms with Crippen LogP contribution in [0, 0.1) is 5.82 Å². The van der Waals surface area contributed by atoms with Gasteiger partial charge in [-0.25, -0.2) is 4.39 Å². The minimum atomic E-state index is -0.724. The lowest BCUT2D eigenvalue weighted by Crippen LogP contribution is -2.31. The summed E-state index contributed by atoms with van der Waals surface area (Å²) in [5.41, 5.74) is 1.28. The monoisotopic (exact) mass is 348 g/mol. The van der Waals surface area contributed by atoms with Crippen molar-refractivity contribution < 1.29 is 18.7 Å². The van der Waals surface area contributed by atoms with Crippen molar-refractivity contribution in [2.75, 3.05) is 17.7 Å². The molecule has 3 rings (SSSR count). The molecule has 0 bridgehead atoms. The highest BCUT2D eigenvalue weighted by Crippen LogP contribution is 2.36. The molecule has 24 heavy (non-hydrogen) atoms. The molecule has 0 spiro atoms. The molecule has 124 valence electrons. The molecule has 0 saturated heterocycles. The number of anilines is 2. The Morgan fingerprint density at radius 3 is 2.92 bits per heavy atom. The van der Waals surface area contributed by atoms with E-state index in [1.165, 1.54) is 25.3 Å². The van der Waals surface area contributed by atoms with Gasteiger partial charge < -0.3 is 15.4 Å². The number of nitrogens with one attached hydrogen (secondary N) is 2. The summed E-state index contributed by atoms with van der Waals surface area (Å²) in [6.07, 6.45) is -0.0205. The fourth-order valence-corrected chi connectivity index (χ4v) is 2.96. The number of fused-ring (bicyclic) bond motifs is 1. The maximum absolute atomic E-state index is 13.4. The SMILES string of the molecule is COc1c(Cl)cccc1NC(=O)C1CC(=O)Nc2cc(F)ccc21. The number of benzene rings is 2. The van der Waals surface area contributed by atoms with Gasteiger partial charge in [-0.1, -0.05) is 23.7 Å². The van der Waals surface area contributed by atoms with Gasteiger partial charge in [0.25, 0.3) is 0 Å². The third-order valence-electron chi connectivity index (χ3n) is 3.80. The standard InChI is InChI=1S/C17H14ClFN2O3/c1-24-16-12(18)3-2-4-13(16)21-17(23)11-8-15(22)20-14-7-9(19)5-6-10(11)14/h2-7,11H,8H2,1H3,(H,20,22)(H,21,23). The van der Waals surface area contributed by atoms with Crippen LogP contribution in [0.4, 0.5) is 15.8 Å². The minimum absolute atomic E-state index is 0.0205. The topological polar surface area (TPSA) is 67.4 Å². The number of para-hydroxylation sites is 1. The molecule has 2 aromatic carbocycles. The molecule has 1 aliphatic heterocycles. The molecule has 0 aliphatic carbocycles. The van der Waals surface area contributed by atoms with E-state index < -0.39 is 17.6 Å². The Kier molecular flexibility index (Phi) is 4.40. The molecule has 5 nitrogen and oxygen atoms in total. The predicted octanol–water partition coefficient (Wildman–Crippen LogP) is 3.55. The van der Waals surface area contributed by atoms with E-state index >= 15 is 0 Å². The van der Waals surface area contributed by atoms with Crippen molar-refractivity contribution >= 4 is 34.8 Å². The summed E-state index contributed by atoms with van der Waals surface area (Å²) in [4.78, 5) is 24.5. The van der Waals surface area contributed by atoms with Crippen LogP contribution in [-0.4, -0.2) is 18.9 Å². The zero-order chi connectivity index (χ0) is 17.3. The molecular weight excluding hydrogens is 335 g/mol. The van der Waals surface area contributed by atoms with Crippen molar-refractivity contribution in [1.29, 1.82) is 0 Å². The first kappa shape index (κ1) is 16.3. The zero-order valence-electron chi connectivity index (χ0n) is 12.7. The molecule has 2 aromatic rings. The molecule has 0 radical (unpaired) electrons. The van der Waals surface area contributed by atoms with E-state index in [-0.39, 0.29) is 12.3 Å². The van der Waals surface area contributed by atoms with Gasteiger partial charge in [0.2, 0.25) is 11.8 Å². The van der Waals surface area contributed by atoms with Crippen molar-refractivity contribution in [2.45, 2.75) is 12.3 Å². The van der Waals surface area contributed by atoms with E-state index in [2.05, 4.69) is 10.6 Å². The summed E-state index contributed by atoms with van der Waals surface area (Å²) in [6.45, 7) is 0. The molecule has 2 amide bonds. The van der Waals surface area contributed by atoms with Crippen molar-refractivity contribution in [3.05, 3.63) is 52.8 Å². The van der Waals surface area contributed by atoms with Crippen molar-refractivity contribution in [3.8, 4) is 5.75 Å². The Labute approximate surface area is 142 Å². The van der Waals surface area contributed by atoms with E-state index in [0.29, 0.717) is 27.7 Å². The number of ether oxygens (including phenoxy) is 1. The summed E-state index contributed by atoms with van der Waals surface area (Å²) in [7, 11) is 1.45. The number of carbonyl (C=O) groups excluding carboxylic acids is 2. The third-order valence-corrected chi connectivity index (χ3v) is 4.10. The lowest BCUT2D eigenvalue weighted by molar-refractivity contribution is -0.123. The molecule has 1 atom stereocenters. The molecule has 0 saturated carbocycles. The van der Waals surface area contributed by atoms with E-state index in [1.807, 2.05) is 0 Å². The summed E-state index contributed by atoms with van der Waals surface area (Å²) in [6, 6.07) is 8.93. The Bertz CT molecular complexity index is 825. The number of methoxy groups -OCH3 is 1. The number of rotatable bonds is 3. The van der Waals surface area contributed by atoms with Crippen LogP contribution in [0.15, 0.2) is 36.4 Å². The predicted molar refractivity (Wildman–Crippen MR) is 89.0 cm³/mol. The van der Waals surface area contributed by atoms with Crippen molar-refractivity contribution in [1.82, 2.24) is 0 Å². The van der Waals surface area contributed by atoms with Gasteiger partial charge in [-0.05, 0) is 29.8 Å². The Balaban J connectivity index is 1.92. The molecule has 0 fully saturated rings. The van der Waals surface area contributed by atoms with E-state index in [9.17, 15) is 14.0 Å². The quantitative estimate of drug-likeness (QED) is 0.891. The average Bonchev–Trinajstić information content (AvgIpc) is 2.53. The van der Waals surface area contributed by atoms with Crippen molar-refractivity contribution in [2.24, 2.45) is 0 Å². The molecule has 7 heteroatoms. The lowest BCUT2D eigenvalue weighted by atomic mass is 9.89. The summed E-state index contributed by atoms with van der Waals surface area (Å²) >= 11 is 6.04. The molecule has 0 aromatic heterocycles. The van der Waals surface area contributed by atoms with Crippen LogP contribution in [0.2, 0.25) is 5.02 Å². The molecule has 1 unspecified atom stereocenters. The van der Waals surface area contributed by atoms with Crippen LogP contribution >= 0.6 is 11.6 Å². The number of hydrogen-bond acceptors (Lipinski definition) is 3. The maximum Gasteiger partial charge on any atom is 0.232 e. The first-order valence-electron chi connectivity index (χ1n) is 7.22. The molecular formula is C17H14ClFN2O3. The second-order valence-electron chi connectivity index (χ2n) is 5.35. The Morgan fingerprint density at radius 2 is 2.17 bits per heavy atom. The van der Waals surface area contributed by atoms with E-state index in [0.717, 1.165) is 0 Å². The normalized spacial score (nSPS) is 16.1. The number of amides is 2. The largest absolute Gasteiger partial charge is 0.493 e. The fraction of sp³-hybridized carbons (Fsp3) is 0.176. The van der Waals surface area contributed by atoms with Gasteiger partial charge in [-0.2, -0.15) is 0 Å². The molecule has 1 heterocycles. The zero-order valence-corrected chi connectivity index (χ0v) is 13.5. The van der Waals surface area contributed by atoms with Gasteiger partial charge in [0, 0.05) is 12.1 Å². The van der Waals surface area contributed by atoms with Gasteiger partial charge in [-0.3, -0.25) is 9.59 Å². The number of carbonyl (C=O) groups is 2. The number of halogens is 2. The number of hydrogen-bond donors (Lipinski definition) is 2. The molecule has 2 N–H and O–H groups in total. The maximum atomic E-state index is 13.4. The first-order chi connectivity index (χ1) is 11.5. The average molecular weight is 349 g/mol. The fourth-order valence-electron chi connectivity index (χ4n) is 2.71. The van der Waals surface area contributed by atoms with E-state index in [1.54, 1.807) is 18.2 Å². The van der Waals surface area contributed by atoms with Gasteiger partial charge in [-0.15, -0.1) is 0 Å². The van der Waals surface area contributed by atoms with Gasteiger partial charge in [0.05, 0.1) is 23.7 Å². The molecule has 1 aliphatic rings. The van der Waals surface area contributed by atoms with Crippen LogP contribution < -0.4 is 15.4 Å². The van der Waals surface area contributed by atoms with Gasteiger partial charge >= 0.3 is 0 Å². The Morgan fingerprint density at radius 1 is 1.38 bits per heavy atom. The smallest absolute Gasteiger partial charge is 0.232 e. The summed E-state index contributed by atoms with van der Waals surface area (Å²) in [5.74, 6) is -1.60. The Hall–Kier alpha value is -2.60. The highest BCUT2D eigenvalue weighted by molar-refractivity contribution is 6.32. The van der Waals surface area contributed by atoms with Gasteiger partial charge in [0.1, 0.15) is 5.82 Å². The van der Waals surface area contributed by atoms with Crippen LogP contribution in [0.3, 0.4) is 0 Å². The van der Waals surface area contributed by atoms with Gasteiger partial charge in [0.15, 0.2) is 5.75 Å². The van der Waals surface area contributed by atoms with Crippen molar-refractivity contribution in [3.63, 3.8) is 0 Å². The second kappa shape index (κ2) is 6.49. The highest BCUT2D eigenvalue weighted by Gasteiger charge is 2.31. The lowest BCUT2D eigenvalue weighted by Gasteiger charge is -2.25. The van der Waals surface area contributed by atoms with Crippen LogP contribution in [-0.2, 0) is 9.59 Å². The van der Waals surface area contributed by atoms with Crippen LogP contribution in [0.1, 0.15) is 17.9 Å². The van der Waals surface area contributed by atoms with Crippen LogP contribution in [0.25, 0.3) is 0 Å². The second-order valence-corrected chi connectivity index (χ2v) is 5.75. The first-order valence-corrected chi connectivity index (χ1v) is 7.60. The third kappa shape index (κ3) is 3.05. The van der Waals surface area contributed by atoms with Crippen LogP contribution in [0.5, 0.6) is 5.75 Å². The summed E-state index contributed by atoms with van der Waals surface area (Å²) < 4.78 is 18.6. The minimum Gasteiger partial charge on any atom is -0.493 e. The summed E-state index contributed by atoms with van der Waals surface area (Å²) in [5, 5.41) is 5.66.